The monoisotopic (exact) mass is 403 g/mol. The van der Waals surface area contributed by atoms with Crippen LogP contribution in [0.3, 0.4) is 0 Å². The molecule has 118 valence electrons. The third kappa shape index (κ3) is 5.37. The molecule has 0 radical (unpaired) electrons. The first-order valence-corrected chi connectivity index (χ1v) is 7.51. The van der Waals surface area contributed by atoms with E-state index in [0.29, 0.717) is 5.92 Å². The lowest BCUT2D eigenvalue weighted by atomic mass is 9.93. The zero-order valence-electron chi connectivity index (χ0n) is 12.9. The molecule has 1 aromatic carbocycles. The van der Waals surface area contributed by atoms with Crippen molar-refractivity contribution in [3.05, 3.63) is 29.8 Å². The average Bonchev–Trinajstić information content (AvgIpc) is 2.50. The fraction of sp³-hybridized carbons (Fsp3) is 0.562. The molecule has 0 amide bonds. The molecular formula is C16H26IN3O. The molecule has 0 bridgehead atoms. The molecule has 21 heavy (non-hydrogen) atoms. The van der Waals surface area contributed by atoms with Gasteiger partial charge in [0.1, 0.15) is 5.75 Å². The van der Waals surface area contributed by atoms with Crippen LogP contribution in [-0.2, 0) is 0 Å². The fourth-order valence-corrected chi connectivity index (χ4v) is 2.45. The summed E-state index contributed by atoms with van der Waals surface area (Å²) >= 11 is 0. The van der Waals surface area contributed by atoms with Crippen LogP contribution in [0.5, 0.6) is 5.75 Å². The molecule has 2 rings (SSSR count). The molecule has 0 spiro atoms. The fourth-order valence-electron chi connectivity index (χ4n) is 2.45. The van der Waals surface area contributed by atoms with Gasteiger partial charge in [-0.05, 0) is 24.5 Å². The van der Waals surface area contributed by atoms with Gasteiger partial charge in [-0.3, -0.25) is 4.99 Å². The molecule has 5 heteroatoms. The molecule has 1 unspecified atom stereocenters. The lowest BCUT2D eigenvalue weighted by Crippen LogP contribution is -2.40. The third-order valence-corrected chi connectivity index (χ3v) is 3.65. The van der Waals surface area contributed by atoms with E-state index in [2.05, 4.69) is 40.7 Å². The molecule has 1 aromatic rings. The number of unbranched alkanes of at least 4 members (excludes halogenated alkanes) is 1. The van der Waals surface area contributed by atoms with Crippen LogP contribution in [-0.4, -0.2) is 32.7 Å². The highest BCUT2D eigenvalue weighted by atomic mass is 127. The molecule has 0 saturated heterocycles. The Morgan fingerprint density at radius 1 is 1.33 bits per heavy atom. The van der Waals surface area contributed by atoms with E-state index in [-0.39, 0.29) is 24.0 Å². The van der Waals surface area contributed by atoms with Crippen LogP contribution in [0.1, 0.15) is 37.7 Å². The molecule has 0 aliphatic carbocycles. The Bertz CT molecular complexity index is 451. The Morgan fingerprint density at radius 3 is 2.90 bits per heavy atom. The maximum absolute atomic E-state index is 5.69. The molecule has 4 nitrogen and oxygen atoms in total. The highest BCUT2D eigenvalue weighted by Crippen LogP contribution is 2.32. The first kappa shape index (κ1) is 18.1. The predicted molar refractivity (Wildman–Crippen MR) is 99.0 cm³/mol. The van der Waals surface area contributed by atoms with Gasteiger partial charge in [0.2, 0.25) is 0 Å². The predicted octanol–water partition coefficient (Wildman–Crippen LogP) is 3.14. The molecule has 0 saturated carbocycles. The van der Waals surface area contributed by atoms with E-state index in [1.165, 1.54) is 18.4 Å². The topological polar surface area (TPSA) is 45.7 Å². The van der Waals surface area contributed by atoms with Crippen molar-refractivity contribution in [1.82, 2.24) is 10.6 Å². The van der Waals surface area contributed by atoms with Gasteiger partial charge < -0.3 is 15.4 Å². The molecule has 0 fully saturated rings. The molecule has 1 aliphatic rings. The minimum Gasteiger partial charge on any atom is -0.493 e. The van der Waals surface area contributed by atoms with Gasteiger partial charge in [-0.1, -0.05) is 31.5 Å². The minimum atomic E-state index is 0. The number of nitrogens with zero attached hydrogens (tertiary/aromatic N) is 1. The van der Waals surface area contributed by atoms with Crippen molar-refractivity contribution in [1.29, 1.82) is 0 Å². The second-order valence-electron chi connectivity index (χ2n) is 5.11. The maximum Gasteiger partial charge on any atom is 0.190 e. The van der Waals surface area contributed by atoms with E-state index in [4.69, 9.17) is 4.74 Å². The van der Waals surface area contributed by atoms with Gasteiger partial charge >= 0.3 is 0 Å². The standard InChI is InChI=1S/C16H25N3O.HI/c1-3-4-10-18-16(17-2)19-12-13-9-11-20-15-8-6-5-7-14(13)15;/h5-8,13H,3-4,9-12H2,1-2H3,(H2,17,18,19);1H. The Morgan fingerprint density at radius 2 is 2.14 bits per heavy atom. The maximum atomic E-state index is 5.69. The molecular weight excluding hydrogens is 377 g/mol. The lowest BCUT2D eigenvalue weighted by Gasteiger charge is -2.26. The van der Waals surface area contributed by atoms with Crippen LogP contribution in [0.2, 0.25) is 0 Å². The van der Waals surface area contributed by atoms with Crippen molar-refractivity contribution in [3.63, 3.8) is 0 Å². The normalized spacial score (nSPS) is 17.2. The van der Waals surface area contributed by atoms with Gasteiger partial charge in [0.25, 0.3) is 0 Å². The van der Waals surface area contributed by atoms with E-state index in [1.54, 1.807) is 0 Å². The van der Waals surface area contributed by atoms with E-state index in [0.717, 1.165) is 37.8 Å². The quantitative estimate of drug-likeness (QED) is 0.344. The van der Waals surface area contributed by atoms with E-state index in [1.807, 2.05) is 13.1 Å². The van der Waals surface area contributed by atoms with Gasteiger partial charge in [0, 0.05) is 26.1 Å². The van der Waals surface area contributed by atoms with Crippen molar-refractivity contribution in [2.24, 2.45) is 4.99 Å². The smallest absolute Gasteiger partial charge is 0.190 e. The SMILES string of the molecule is CCCCNC(=NC)NCC1CCOc2ccccc21.I. The summed E-state index contributed by atoms with van der Waals surface area (Å²) in [6, 6.07) is 8.32. The van der Waals surface area contributed by atoms with Crippen LogP contribution >= 0.6 is 24.0 Å². The van der Waals surface area contributed by atoms with Gasteiger partial charge in [-0.2, -0.15) is 0 Å². The zero-order valence-corrected chi connectivity index (χ0v) is 15.2. The number of ether oxygens (including phenoxy) is 1. The summed E-state index contributed by atoms with van der Waals surface area (Å²) < 4.78 is 5.69. The number of hydrogen-bond acceptors (Lipinski definition) is 2. The van der Waals surface area contributed by atoms with Gasteiger partial charge in [-0.15, -0.1) is 24.0 Å². The molecule has 1 aliphatic heterocycles. The van der Waals surface area contributed by atoms with Crippen molar-refractivity contribution in [2.75, 3.05) is 26.7 Å². The van der Waals surface area contributed by atoms with E-state index >= 15 is 0 Å². The van der Waals surface area contributed by atoms with Gasteiger partial charge in [0.05, 0.1) is 6.61 Å². The highest BCUT2D eigenvalue weighted by molar-refractivity contribution is 14.0. The summed E-state index contributed by atoms with van der Waals surface area (Å²) in [7, 11) is 1.82. The second kappa shape index (κ2) is 9.87. The summed E-state index contributed by atoms with van der Waals surface area (Å²) in [4.78, 5) is 4.26. The third-order valence-electron chi connectivity index (χ3n) is 3.65. The number of benzene rings is 1. The summed E-state index contributed by atoms with van der Waals surface area (Å²) in [5.41, 5.74) is 1.30. The lowest BCUT2D eigenvalue weighted by molar-refractivity contribution is 0.267. The number of halogens is 1. The Kier molecular flexibility index (Phi) is 8.49. The first-order chi connectivity index (χ1) is 9.85. The van der Waals surface area contributed by atoms with Crippen LogP contribution in [0.15, 0.2) is 29.3 Å². The highest BCUT2D eigenvalue weighted by Gasteiger charge is 2.20. The Labute approximate surface area is 144 Å². The summed E-state index contributed by atoms with van der Waals surface area (Å²) in [6.07, 6.45) is 3.41. The Hall–Kier alpha value is -0.980. The summed E-state index contributed by atoms with van der Waals surface area (Å²) in [6.45, 7) is 4.86. The number of guanidine groups is 1. The van der Waals surface area contributed by atoms with Crippen LogP contribution < -0.4 is 15.4 Å². The van der Waals surface area contributed by atoms with E-state index in [9.17, 15) is 0 Å². The van der Waals surface area contributed by atoms with Crippen LogP contribution in [0, 0.1) is 0 Å². The van der Waals surface area contributed by atoms with Crippen molar-refractivity contribution < 1.29 is 4.74 Å². The summed E-state index contributed by atoms with van der Waals surface area (Å²) in [5.74, 6) is 2.41. The molecule has 1 atom stereocenters. The number of rotatable bonds is 5. The number of para-hydroxylation sites is 1. The zero-order chi connectivity index (χ0) is 14.2. The van der Waals surface area contributed by atoms with Crippen LogP contribution in [0.25, 0.3) is 0 Å². The molecule has 1 heterocycles. The van der Waals surface area contributed by atoms with Crippen molar-refractivity contribution in [3.8, 4) is 5.75 Å². The molecule has 0 aromatic heterocycles. The van der Waals surface area contributed by atoms with Gasteiger partial charge in [0.15, 0.2) is 5.96 Å². The van der Waals surface area contributed by atoms with Gasteiger partial charge in [-0.25, -0.2) is 0 Å². The Balaban J connectivity index is 0.00000220. The largest absolute Gasteiger partial charge is 0.493 e. The first-order valence-electron chi connectivity index (χ1n) is 7.51. The van der Waals surface area contributed by atoms with Crippen molar-refractivity contribution >= 4 is 29.9 Å². The van der Waals surface area contributed by atoms with Crippen molar-refractivity contribution in [2.45, 2.75) is 32.1 Å². The minimum absolute atomic E-state index is 0. The number of fused-ring (bicyclic) bond motifs is 1. The van der Waals surface area contributed by atoms with E-state index < -0.39 is 0 Å². The number of hydrogen-bond donors (Lipinski definition) is 2. The molecule has 2 N–H and O–H groups in total. The number of nitrogens with one attached hydrogen (secondary N) is 2. The summed E-state index contributed by atoms with van der Waals surface area (Å²) in [5, 5.41) is 6.76. The number of aliphatic imine (C=N–C) groups is 1. The second-order valence-corrected chi connectivity index (χ2v) is 5.11. The van der Waals surface area contributed by atoms with Crippen LogP contribution in [0.4, 0.5) is 0 Å². The average molecular weight is 403 g/mol.